The van der Waals surface area contributed by atoms with Crippen LogP contribution in [-0.4, -0.2) is 254 Å². The van der Waals surface area contributed by atoms with Crippen molar-refractivity contribution in [3.05, 3.63) is 54.1 Å². The lowest BCUT2D eigenvalue weighted by atomic mass is 9.90. The maximum atomic E-state index is 13.9. The molecule has 29 heteroatoms. The van der Waals surface area contributed by atoms with Gasteiger partial charge in [0.05, 0.1) is 70.0 Å². The molecule has 3 rings (SSSR count). The zero-order chi connectivity index (χ0) is 60.0. The molecule has 1 aliphatic heterocycles. The molecule has 1 unspecified atom stereocenters. The second-order valence-corrected chi connectivity index (χ2v) is 19.6. The molecule has 81 heavy (non-hydrogen) atoms. The molecule has 29 nitrogen and oxygen atoms in total. The second-order valence-electron chi connectivity index (χ2n) is 19.6. The van der Waals surface area contributed by atoms with Crippen LogP contribution in [0.15, 0.2) is 42.9 Å². The number of aldehydes is 2. The summed E-state index contributed by atoms with van der Waals surface area (Å²) in [6, 6.07) is 2.37. The average molecular weight is 1140 g/mol. The number of ketones is 3. The summed E-state index contributed by atoms with van der Waals surface area (Å²) < 4.78 is 0. The van der Waals surface area contributed by atoms with Crippen molar-refractivity contribution < 1.29 is 93.0 Å². The molecule has 2 aromatic rings. The van der Waals surface area contributed by atoms with Crippen LogP contribution in [-0.2, 0) is 75.2 Å². The van der Waals surface area contributed by atoms with E-state index in [9.17, 15) is 93.0 Å². The van der Waals surface area contributed by atoms with E-state index in [1.807, 2.05) is 4.90 Å². The number of amides is 4. The Bertz CT molecular complexity index is 2450. The number of aliphatic hydroxyl groups excluding tert-OH is 2. The number of aromatic nitrogens is 2. The van der Waals surface area contributed by atoms with Gasteiger partial charge in [-0.3, -0.25) is 67.5 Å². The molecule has 1 aliphatic rings. The molecule has 446 valence electrons. The van der Waals surface area contributed by atoms with Crippen LogP contribution in [0.2, 0.25) is 0 Å². The molecule has 1 saturated heterocycles. The standard InChI is InChI=1S/C52H74N10O19/c1-33(43(68)24-36(22-38-27-53-32-55-38)50(77)57-40(30-65)44(69)25-35(21-34-5-3-2-4-6-34)49(76)58-41(31-66)51(78)79)56-48(75)37(26-46(71)72)23-39(67)28-54-45(70)8-7-42(52(80)81)62-15-13-60(18-20-64)10-9-59(17-19-63)11-12-61(14-16-62)29-47(73)74/h2-6,19-20,27,32-33,35-37,40-42,65-66H,7-18,21-26,28-31H2,1H3,(H,53,55)(H,54,70)(H,56,75)(H,57,77)(H,58,76)(H,71,72)(H,73,74)(H,78,79)(H,80,81)/t33-,35+,36+,37-,40-,41-,42?/m0/s1. The van der Waals surface area contributed by atoms with E-state index in [-0.39, 0.29) is 71.6 Å². The number of aromatic amines is 1. The van der Waals surface area contributed by atoms with Gasteiger partial charge in [0, 0.05) is 102 Å². The van der Waals surface area contributed by atoms with Crippen molar-refractivity contribution in [3.8, 4) is 0 Å². The number of aliphatic carboxylic acids is 4. The Morgan fingerprint density at radius 3 is 1.70 bits per heavy atom. The van der Waals surface area contributed by atoms with E-state index in [4.69, 9.17) is 0 Å². The van der Waals surface area contributed by atoms with Crippen LogP contribution in [0.25, 0.3) is 0 Å². The first kappa shape index (κ1) is 67.6. The van der Waals surface area contributed by atoms with E-state index < -0.39 is 159 Å². The molecular formula is C52H74N10O19. The third-order valence-corrected chi connectivity index (χ3v) is 13.5. The number of nitrogens with zero attached hydrogens (tertiary/aromatic N) is 5. The van der Waals surface area contributed by atoms with Crippen LogP contribution in [0.1, 0.15) is 56.7 Å². The Morgan fingerprint density at radius 2 is 1.17 bits per heavy atom. The van der Waals surface area contributed by atoms with Gasteiger partial charge < -0.3 is 66.5 Å². The van der Waals surface area contributed by atoms with E-state index in [0.29, 0.717) is 37.2 Å². The maximum Gasteiger partial charge on any atom is 0.328 e. The number of hydrogen-bond acceptors (Lipinski definition) is 20. The molecule has 0 spiro atoms. The fourth-order valence-corrected chi connectivity index (χ4v) is 8.91. The highest BCUT2D eigenvalue weighted by Gasteiger charge is 2.35. The summed E-state index contributed by atoms with van der Waals surface area (Å²) in [6.45, 7) is 0.103. The summed E-state index contributed by atoms with van der Waals surface area (Å²) in [6.07, 6.45) is 0.310. The minimum atomic E-state index is -1.69. The first-order valence-electron chi connectivity index (χ1n) is 26.2. The van der Waals surface area contributed by atoms with Gasteiger partial charge in [-0.1, -0.05) is 30.3 Å². The zero-order valence-corrected chi connectivity index (χ0v) is 45.0. The fourth-order valence-electron chi connectivity index (χ4n) is 8.91. The van der Waals surface area contributed by atoms with Gasteiger partial charge >= 0.3 is 23.9 Å². The molecule has 0 saturated carbocycles. The van der Waals surface area contributed by atoms with Crippen LogP contribution in [0, 0.1) is 17.8 Å². The van der Waals surface area contributed by atoms with Crippen molar-refractivity contribution in [2.24, 2.45) is 17.8 Å². The van der Waals surface area contributed by atoms with Crippen molar-refractivity contribution in [2.75, 3.05) is 91.8 Å². The minimum Gasteiger partial charge on any atom is -0.481 e. The maximum absolute atomic E-state index is 13.9. The van der Waals surface area contributed by atoms with E-state index in [1.165, 1.54) is 19.4 Å². The smallest absolute Gasteiger partial charge is 0.328 e. The number of benzene rings is 1. The average Bonchev–Trinajstić information content (AvgIpc) is 3.94. The van der Waals surface area contributed by atoms with Gasteiger partial charge in [-0.15, -0.1) is 0 Å². The van der Waals surface area contributed by atoms with Crippen LogP contribution < -0.4 is 21.3 Å². The van der Waals surface area contributed by atoms with Crippen molar-refractivity contribution >= 4 is 77.4 Å². The van der Waals surface area contributed by atoms with Gasteiger partial charge in [0.1, 0.15) is 30.7 Å². The van der Waals surface area contributed by atoms with Gasteiger partial charge in [0.2, 0.25) is 23.6 Å². The van der Waals surface area contributed by atoms with Gasteiger partial charge in [0.15, 0.2) is 17.3 Å². The molecule has 1 aromatic heterocycles. The Hall–Kier alpha value is -7.70. The number of carbonyl (C=O) groups excluding carboxylic acids is 9. The van der Waals surface area contributed by atoms with Crippen LogP contribution in [0.3, 0.4) is 0 Å². The SMILES string of the molecule is C[C@H](NC(=O)[C@H](CC(=O)O)CC(=O)CNC(=O)CCC(C(=O)O)N1CCN(CC=O)CCN(CC=O)CCN(CC(=O)O)CC1)C(=O)C[C@@H](Cc1cnc[nH]1)C(=O)N[C@@H](CO)C(=O)C[C@@H](Cc1ccccc1)C(=O)N[C@@H](CO)C(=O)O. The van der Waals surface area contributed by atoms with Crippen molar-refractivity contribution in [3.63, 3.8) is 0 Å². The third-order valence-electron chi connectivity index (χ3n) is 13.5. The normalized spacial score (nSPS) is 16.7. The molecular weight excluding hydrogens is 1070 g/mol. The number of rotatable bonds is 36. The van der Waals surface area contributed by atoms with E-state index >= 15 is 0 Å². The summed E-state index contributed by atoms with van der Waals surface area (Å²) in [5.41, 5.74) is 0.949. The predicted octanol–water partition coefficient (Wildman–Crippen LogP) is -4.01. The third kappa shape index (κ3) is 25.1. The lowest BCUT2D eigenvalue weighted by molar-refractivity contribution is -0.145. The van der Waals surface area contributed by atoms with Gasteiger partial charge in [-0.25, -0.2) is 9.78 Å². The number of Topliss-reactive ketones (excluding diaryl/α,β-unsaturated/α-hetero) is 3. The summed E-state index contributed by atoms with van der Waals surface area (Å²) in [7, 11) is 0. The van der Waals surface area contributed by atoms with Crippen molar-refractivity contribution in [2.45, 2.75) is 82.5 Å². The molecule has 1 fully saturated rings. The van der Waals surface area contributed by atoms with Crippen LogP contribution in [0.4, 0.5) is 0 Å². The lowest BCUT2D eigenvalue weighted by Gasteiger charge is -2.35. The fraction of sp³-hybridized carbons (Fsp3) is 0.577. The van der Waals surface area contributed by atoms with Gasteiger partial charge in [0.25, 0.3) is 0 Å². The highest BCUT2D eigenvalue weighted by Crippen LogP contribution is 2.19. The second kappa shape index (κ2) is 35.8. The number of H-pyrrole nitrogens is 1. The van der Waals surface area contributed by atoms with E-state index in [2.05, 4.69) is 31.2 Å². The molecule has 2 heterocycles. The predicted molar refractivity (Wildman–Crippen MR) is 282 cm³/mol. The van der Waals surface area contributed by atoms with Gasteiger partial charge in [-0.2, -0.15) is 0 Å². The van der Waals surface area contributed by atoms with Crippen molar-refractivity contribution in [1.29, 1.82) is 0 Å². The van der Waals surface area contributed by atoms with Crippen molar-refractivity contribution in [1.82, 2.24) is 50.8 Å². The van der Waals surface area contributed by atoms with Crippen LogP contribution >= 0.6 is 0 Å². The molecule has 0 aliphatic carbocycles. The van der Waals surface area contributed by atoms with E-state index in [1.54, 1.807) is 45.0 Å². The summed E-state index contributed by atoms with van der Waals surface area (Å²) in [5, 5.41) is 68.0. The topological polar surface area (TPSA) is 433 Å². The van der Waals surface area contributed by atoms with E-state index in [0.717, 1.165) is 6.29 Å². The first-order valence-corrected chi connectivity index (χ1v) is 26.2. The highest BCUT2D eigenvalue weighted by atomic mass is 16.4. The van der Waals surface area contributed by atoms with Gasteiger partial charge in [-0.05, 0) is 25.3 Å². The Balaban J connectivity index is 1.67. The first-order chi connectivity index (χ1) is 38.6. The zero-order valence-electron chi connectivity index (χ0n) is 45.0. The highest BCUT2D eigenvalue weighted by molar-refractivity contribution is 5.97. The number of carboxylic acids is 4. The summed E-state index contributed by atoms with van der Waals surface area (Å²) >= 11 is 0. The number of carbonyl (C=O) groups is 13. The number of imidazole rings is 1. The molecule has 11 N–H and O–H groups in total. The quantitative estimate of drug-likeness (QED) is 0.0290. The number of aliphatic hydroxyl groups is 2. The number of hydrogen-bond donors (Lipinski definition) is 11. The Morgan fingerprint density at radius 1 is 0.630 bits per heavy atom. The molecule has 0 radical (unpaired) electrons. The largest absolute Gasteiger partial charge is 0.481 e. The van der Waals surface area contributed by atoms with Crippen LogP contribution in [0.5, 0.6) is 0 Å². The lowest BCUT2D eigenvalue weighted by Crippen LogP contribution is -2.51. The summed E-state index contributed by atoms with van der Waals surface area (Å²) in [5.74, 6) is -15.5. The number of carboxylic acid groups (broad SMARTS) is 4. The monoisotopic (exact) mass is 1140 g/mol. The minimum absolute atomic E-state index is 0.0152. The molecule has 1 aromatic carbocycles. The summed E-state index contributed by atoms with van der Waals surface area (Å²) in [4.78, 5) is 178. The number of nitrogens with one attached hydrogen (secondary N) is 5. The molecule has 7 atom stereocenters. The molecule has 0 bridgehead atoms. The Labute approximate surface area is 466 Å². The Kier molecular flexibility index (Phi) is 29.9. The molecule has 4 amide bonds.